The number of aromatic amines is 2. The van der Waals surface area contributed by atoms with E-state index in [0.717, 1.165) is 22.2 Å². The molecule has 4 aromatic rings. The van der Waals surface area contributed by atoms with Crippen molar-refractivity contribution in [1.29, 1.82) is 0 Å². The van der Waals surface area contributed by atoms with Crippen molar-refractivity contribution in [1.82, 2.24) is 15.1 Å². The van der Waals surface area contributed by atoms with Gasteiger partial charge in [0.2, 0.25) is 0 Å². The molecule has 5 rings (SSSR count). The van der Waals surface area contributed by atoms with Gasteiger partial charge in [0.1, 0.15) is 0 Å². The molecular weight excluding hydrogens is 434 g/mol. The quantitative estimate of drug-likeness (QED) is 0.305. The molecule has 1 aromatic carbocycles. The second-order valence-electron chi connectivity index (χ2n) is 7.59. The van der Waals surface area contributed by atoms with Crippen molar-refractivity contribution in [3.05, 3.63) is 102 Å². The number of rotatable bonds is 6. The van der Waals surface area contributed by atoms with Crippen LogP contribution in [0.3, 0.4) is 0 Å². The molecule has 4 N–H and O–H groups in total. The van der Waals surface area contributed by atoms with Gasteiger partial charge < -0.3 is 5.32 Å². The number of allylic oxidation sites excluding steroid dienone is 1. The van der Waals surface area contributed by atoms with E-state index >= 15 is 0 Å². The van der Waals surface area contributed by atoms with Crippen LogP contribution in [0.4, 0.5) is 11.6 Å². The zero-order chi connectivity index (χ0) is 22.6. The van der Waals surface area contributed by atoms with E-state index in [-0.39, 0.29) is 11.9 Å². The maximum atomic E-state index is 13.4. The topological polar surface area (TPSA) is 101 Å². The van der Waals surface area contributed by atoms with Crippen LogP contribution in [-0.2, 0) is 10.5 Å². The number of nitrogens with zero attached hydrogens (tertiary/aromatic N) is 3. The average Bonchev–Trinajstić information content (AvgIpc) is 3.26. The fraction of sp³-hybridized carbons (Fsp3) is 0.125. The molecule has 0 bridgehead atoms. The van der Waals surface area contributed by atoms with Crippen LogP contribution in [0.25, 0.3) is 0 Å². The predicted octanol–water partition coefficient (Wildman–Crippen LogP) is 3.13. The summed E-state index contributed by atoms with van der Waals surface area (Å²) in [5.41, 5.74) is 4.17. The molecule has 8 nitrogen and oxygen atoms in total. The van der Waals surface area contributed by atoms with Crippen molar-refractivity contribution in [2.24, 2.45) is 0 Å². The van der Waals surface area contributed by atoms with E-state index in [1.807, 2.05) is 60.4 Å². The zero-order valence-corrected chi connectivity index (χ0v) is 18.8. The Hall–Kier alpha value is -3.98. The van der Waals surface area contributed by atoms with Crippen molar-refractivity contribution < 1.29 is 14.5 Å². The van der Waals surface area contributed by atoms with Gasteiger partial charge in [-0.1, -0.05) is 42.1 Å². The van der Waals surface area contributed by atoms with Gasteiger partial charge in [-0.25, -0.2) is 15.4 Å². The number of anilines is 2. The van der Waals surface area contributed by atoms with Crippen LogP contribution in [0.1, 0.15) is 24.1 Å². The Balaban J connectivity index is 1.48. The minimum Gasteiger partial charge on any atom is -0.321 e. The summed E-state index contributed by atoms with van der Waals surface area (Å²) in [6.45, 7) is 1.90. The van der Waals surface area contributed by atoms with E-state index in [4.69, 9.17) is 4.98 Å². The van der Waals surface area contributed by atoms with Gasteiger partial charge >= 0.3 is 5.95 Å². The van der Waals surface area contributed by atoms with Gasteiger partial charge in [-0.15, -0.1) is 4.68 Å². The molecule has 1 atom stereocenters. The highest BCUT2D eigenvalue weighted by molar-refractivity contribution is 7.98. The van der Waals surface area contributed by atoms with Crippen LogP contribution in [0.5, 0.6) is 0 Å². The number of amides is 1. The summed E-state index contributed by atoms with van der Waals surface area (Å²) in [6, 6.07) is 17.4. The van der Waals surface area contributed by atoms with Gasteiger partial charge in [0.05, 0.1) is 23.2 Å². The molecule has 1 amide bonds. The largest absolute Gasteiger partial charge is 0.417 e. The Labute approximate surface area is 195 Å². The van der Waals surface area contributed by atoms with Gasteiger partial charge in [0.15, 0.2) is 18.4 Å². The molecule has 1 aliphatic heterocycles. The zero-order valence-electron chi connectivity index (χ0n) is 17.9. The summed E-state index contributed by atoms with van der Waals surface area (Å²) >= 11 is 1.62. The second-order valence-corrected chi connectivity index (χ2v) is 8.56. The maximum absolute atomic E-state index is 13.4. The molecule has 0 radical (unpaired) electrons. The molecule has 0 saturated carbocycles. The van der Waals surface area contributed by atoms with Gasteiger partial charge in [0, 0.05) is 29.6 Å². The number of hydrogen-bond donors (Lipinski definition) is 3. The monoisotopic (exact) mass is 457 g/mol. The van der Waals surface area contributed by atoms with E-state index in [2.05, 4.69) is 37.8 Å². The van der Waals surface area contributed by atoms with Crippen molar-refractivity contribution in [3.8, 4) is 0 Å². The molecular formula is C24H23N7OS+2. The first kappa shape index (κ1) is 20.9. The van der Waals surface area contributed by atoms with Crippen molar-refractivity contribution >= 4 is 29.3 Å². The normalized spacial score (nSPS) is 15.0. The summed E-state index contributed by atoms with van der Waals surface area (Å²) in [5, 5.41) is 10.4. The summed E-state index contributed by atoms with van der Waals surface area (Å²) in [7, 11) is 0. The molecule has 9 heteroatoms. The number of fused-ring (bicyclic) bond motifs is 1. The lowest BCUT2D eigenvalue weighted by molar-refractivity contribution is -0.748. The molecule has 0 aliphatic carbocycles. The fourth-order valence-electron chi connectivity index (χ4n) is 3.79. The molecule has 4 heterocycles. The third-order valence-electron chi connectivity index (χ3n) is 5.33. The van der Waals surface area contributed by atoms with E-state index < -0.39 is 0 Å². The van der Waals surface area contributed by atoms with E-state index in [9.17, 15) is 4.79 Å². The molecule has 0 spiro atoms. The van der Waals surface area contributed by atoms with Crippen LogP contribution < -0.4 is 20.3 Å². The summed E-state index contributed by atoms with van der Waals surface area (Å²) in [4.78, 5) is 25.3. The first-order valence-electron chi connectivity index (χ1n) is 10.5. The van der Waals surface area contributed by atoms with Gasteiger partial charge in [-0.05, 0) is 29.6 Å². The average molecular weight is 458 g/mol. The number of thioether (sulfide) groups is 1. The SMILES string of the molecule is CC1=C(C(=O)Nc2cccnc2)C(c2cc[nH+]cc2)[n+]2[nH]c(SCc3ccccc3)nc2N1. The third-order valence-corrected chi connectivity index (χ3v) is 6.26. The Kier molecular flexibility index (Phi) is 5.86. The molecule has 1 unspecified atom stereocenters. The first-order chi connectivity index (χ1) is 16.2. The lowest BCUT2D eigenvalue weighted by Gasteiger charge is -2.23. The van der Waals surface area contributed by atoms with Crippen LogP contribution in [0.15, 0.2) is 95.8 Å². The number of H-pyrrole nitrogens is 2. The molecule has 1 aliphatic rings. The number of carbonyl (C=O) groups excluding carboxylic acids is 1. The Morgan fingerprint density at radius 2 is 1.97 bits per heavy atom. The number of nitrogens with one attached hydrogen (secondary N) is 4. The maximum Gasteiger partial charge on any atom is 0.417 e. The minimum atomic E-state index is -0.369. The van der Waals surface area contributed by atoms with Gasteiger partial charge in [-0.2, -0.15) is 0 Å². The highest BCUT2D eigenvalue weighted by Crippen LogP contribution is 2.31. The van der Waals surface area contributed by atoms with Crippen LogP contribution in [0.2, 0.25) is 0 Å². The smallest absolute Gasteiger partial charge is 0.321 e. The predicted molar refractivity (Wildman–Crippen MR) is 125 cm³/mol. The number of hydrogen-bond acceptors (Lipinski definition) is 5. The summed E-state index contributed by atoms with van der Waals surface area (Å²) < 4.78 is 1.91. The summed E-state index contributed by atoms with van der Waals surface area (Å²) in [6.07, 6.45) is 7.01. The van der Waals surface area contributed by atoms with E-state index in [1.54, 1.807) is 30.2 Å². The highest BCUT2D eigenvalue weighted by Gasteiger charge is 2.39. The highest BCUT2D eigenvalue weighted by atomic mass is 32.2. The van der Waals surface area contributed by atoms with Gasteiger partial charge in [0.25, 0.3) is 11.1 Å². The standard InChI is InChI=1S/C24H21N7OS/c1-16-20(22(32)28-19-8-5-11-26-14-19)21(18-9-12-25-13-10-18)31-23(27-16)29-24(30-31)33-15-17-6-3-2-4-7-17/h2-14,21H,15H2,1H3,(H2,27,28,29,30,32)/p+2. The molecule has 0 fully saturated rings. The molecule has 33 heavy (non-hydrogen) atoms. The Bertz CT molecular complexity index is 1290. The van der Waals surface area contributed by atoms with Crippen LogP contribution >= 0.6 is 11.8 Å². The van der Waals surface area contributed by atoms with Gasteiger partial charge in [-0.3, -0.25) is 9.78 Å². The number of aromatic nitrogens is 5. The van der Waals surface area contributed by atoms with E-state index in [1.165, 1.54) is 5.56 Å². The Morgan fingerprint density at radius 3 is 2.73 bits per heavy atom. The number of pyridine rings is 2. The second kappa shape index (κ2) is 9.25. The van der Waals surface area contributed by atoms with Crippen LogP contribution in [-0.4, -0.2) is 21.0 Å². The first-order valence-corrected chi connectivity index (χ1v) is 11.5. The van der Waals surface area contributed by atoms with Crippen molar-refractivity contribution in [3.63, 3.8) is 0 Å². The van der Waals surface area contributed by atoms with Crippen molar-refractivity contribution in [2.45, 2.75) is 23.9 Å². The third kappa shape index (κ3) is 4.49. The Morgan fingerprint density at radius 1 is 1.15 bits per heavy atom. The lowest BCUT2D eigenvalue weighted by atomic mass is 9.96. The van der Waals surface area contributed by atoms with E-state index in [0.29, 0.717) is 17.2 Å². The molecule has 164 valence electrons. The lowest BCUT2D eigenvalue weighted by Crippen LogP contribution is -2.50. The number of benzene rings is 1. The number of carbonyl (C=O) groups is 1. The van der Waals surface area contributed by atoms with Crippen LogP contribution in [0, 0.1) is 0 Å². The minimum absolute atomic E-state index is 0.197. The van der Waals surface area contributed by atoms with Crippen molar-refractivity contribution in [2.75, 3.05) is 10.6 Å². The molecule has 3 aromatic heterocycles. The fourth-order valence-corrected chi connectivity index (χ4v) is 4.60. The summed E-state index contributed by atoms with van der Waals surface area (Å²) in [5.74, 6) is 1.26. The molecule has 0 saturated heterocycles.